The number of nitrogens with zero attached hydrogens (tertiary/aromatic N) is 1. The fraction of sp³-hybridized carbons (Fsp3) is 0.611. The van der Waals surface area contributed by atoms with Gasteiger partial charge in [-0.05, 0) is 44.4 Å². The minimum Gasteiger partial charge on any atom is -0.387 e. The Morgan fingerprint density at radius 2 is 2.17 bits per heavy atom. The Kier molecular flexibility index (Phi) is 7.24. The molecule has 0 bridgehead atoms. The Bertz CT molecular complexity index is 486. The molecule has 0 radical (unpaired) electrons. The van der Waals surface area contributed by atoms with Crippen LogP contribution in [0.1, 0.15) is 32.3 Å². The first kappa shape index (κ1) is 18.1. The van der Waals surface area contributed by atoms with Gasteiger partial charge in [0.2, 0.25) is 0 Å². The summed E-state index contributed by atoms with van der Waals surface area (Å²) in [6.07, 6.45) is 2.94. The fourth-order valence-corrected chi connectivity index (χ4v) is 3.89. The molecule has 4 nitrogen and oxygen atoms in total. The summed E-state index contributed by atoms with van der Waals surface area (Å²) in [5, 5.41) is 17.1. The average Bonchev–Trinajstić information content (AvgIpc) is 2.99. The van der Waals surface area contributed by atoms with Crippen LogP contribution in [0, 0.1) is 0 Å². The molecule has 1 aliphatic rings. The van der Waals surface area contributed by atoms with E-state index >= 15 is 0 Å². The van der Waals surface area contributed by atoms with E-state index in [1.807, 2.05) is 6.07 Å². The predicted octanol–water partition coefficient (Wildman–Crippen LogP) is 2.43. The third kappa shape index (κ3) is 6.43. The first-order valence-corrected chi connectivity index (χ1v) is 9.66. The zero-order valence-electron chi connectivity index (χ0n) is 14.2. The van der Waals surface area contributed by atoms with E-state index in [4.69, 9.17) is 0 Å². The molecular formula is C18H29N3OS. The molecule has 0 aromatic heterocycles. The van der Waals surface area contributed by atoms with Crippen molar-refractivity contribution in [2.75, 3.05) is 24.6 Å². The number of guanidine groups is 1. The molecular weight excluding hydrogens is 306 g/mol. The molecule has 1 saturated heterocycles. The third-order valence-electron chi connectivity index (χ3n) is 4.05. The maximum absolute atomic E-state index is 10.4. The number of aliphatic imine (C=N–C) groups is 1. The van der Waals surface area contributed by atoms with E-state index in [0.29, 0.717) is 12.6 Å². The standard InChI is InChI=1S/C18H29N3OS/c1-3-19-17(20-13-18(22)11-12-23-14-18)21-15(2)9-10-16-7-5-4-6-8-16/h4-8,15,22H,3,9-14H2,1-2H3,(H2,19,20,21). The fourth-order valence-electron chi connectivity index (χ4n) is 2.60. The molecule has 2 atom stereocenters. The summed E-state index contributed by atoms with van der Waals surface area (Å²) in [5.74, 6) is 2.63. The lowest BCUT2D eigenvalue weighted by molar-refractivity contribution is 0.0778. The Labute approximate surface area is 144 Å². The van der Waals surface area contributed by atoms with Gasteiger partial charge in [-0.2, -0.15) is 11.8 Å². The SMILES string of the molecule is CCNC(=NCC1(O)CCSC1)NC(C)CCc1ccccc1. The van der Waals surface area contributed by atoms with Gasteiger partial charge in [-0.1, -0.05) is 30.3 Å². The van der Waals surface area contributed by atoms with Gasteiger partial charge < -0.3 is 15.7 Å². The monoisotopic (exact) mass is 335 g/mol. The summed E-state index contributed by atoms with van der Waals surface area (Å²) in [7, 11) is 0. The molecule has 23 heavy (non-hydrogen) atoms. The van der Waals surface area contributed by atoms with Crippen molar-refractivity contribution in [2.45, 2.75) is 44.8 Å². The van der Waals surface area contributed by atoms with Gasteiger partial charge in [0.05, 0.1) is 12.1 Å². The van der Waals surface area contributed by atoms with Crippen LogP contribution < -0.4 is 10.6 Å². The maximum atomic E-state index is 10.4. The molecule has 0 spiro atoms. The number of rotatable bonds is 7. The lowest BCUT2D eigenvalue weighted by Crippen LogP contribution is -2.44. The molecule has 1 heterocycles. The molecule has 1 aliphatic heterocycles. The van der Waals surface area contributed by atoms with E-state index in [1.165, 1.54) is 5.56 Å². The smallest absolute Gasteiger partial charge is 0.191 e. The van der Waals surface area contributed by atoms with E-state index in [9.17, 15) is 5.11 Å². The van der Waals surface area contributed by atoms with Crippen LogP contribution in [0.5, 0.6) is 0 Å². The summed E-state index contributed by atoms with van der Waals surface area (Å²) in [4.78, 5) is 4.59. The average molecular weight is 336 g/mol. The van der Waals surface area contributed by atoms with Crippen LogP contribution in [0.2, 0.25) is 0 Å². The second-order valence-electron chi connectivity index (χ2n) is 6.29. The highest BCUT2D eigenvalue weighted by atomic mass is 32.2. The lowest BCUT2D eigenvalue weighted by atomic mass is 10.0. The Hall–Kier alpha value is -1.20. The van der Waals surface area contributed by atoms with Crippen molar-refractivity contribution in [3.8, 4) is 0 Å². The molecule has 0 amide bonds. The second-order valence-corrected chi connectivity index (χ2v) is 7.40. The van der Waals surface area contributed by atoms with Crippen molar-refractivity contribution in [3.63, 3.8) is 0 Å². The van der Waals surface area contributed by atoms with Crippen molar-refractivity contribution >= 4 is 17.7 Å². The number of hydrogen-bond acceptors (Lipinski definition) is 3. The van der Waals surface area contributed by atoms with Crippen molar-refractivity contribution in [3.05, 3.63) is 35.9 Å². The molecule has 2 unspecified atom stereocenters. The van der Waals surface area contributed by atoms with Crippen molar-refractivity contribution in [2.24, 2.45) is 4.99 Å². The van der Waals surface area contributed by atoms with Gasteiger partial charge in [0.1, 0.15) is 0 Å². The van der Waals surface area contributed by atoms with Gasteiger partial charge in [-0.25, -0.2) is 0 Å². The first-order valence-electron chi connectivity index (χ1n) is 8.50. The summed E-state index contributed by atoms with van der Waals surface area (Å²) < 4.78 is 0. The van der Waals surface area contributed by atoms with E-state index in [2.05, 4.69) is 53.7 Å². The van der Waals surface area contributed by atoms with Crippen LogP contribution in [0.15, 0.2) is 35.3 Å². The van der Waals surface area contributed by atoms with Crippen molar-refractivity contribution in [1.29, 1.82) is 0 Å². The van der Waals surface area contributed by atoms with E-state index < -0.39 is 5.60 Å². The number of nitrogens with one attached hydrogen (secondary N) is 2. The summed E-state index contributed by atoms with van der Waals surface area (Å²) >= 11 is 1.81. The maximum Gasteiger partial charge on any atom is 0.191 e. The molecule has 1 fully saturated rings. The van der Waals surface area contributed by atoms with Crippen LogP contribution >= 0.6 is 11.8 Å². The van der Waals surface area contributed by atoms with Gasteiger partial charge in [0, 0.05) is 18.3 Å². The van der Waals surface area contributed by atoms with Crippen LogP contribution in [0.3, 0.4) is 0 Å². The van der Waals surface area contributed by atoms with Gasteiger partial charge in [0.15, 0.2) is 5.96 Å². The molecule has 3 N–H and O–H groups in total. The predicted molar refractivity (Wildman–Crippen MR) is 100 cm³/mol. The molecule has 1 aromatic carbocycles. The molecule has 0 saturated carbocycles. The van der Waals surface area contributed by atoms with Crippen LogP contribution in [-0.4, -0.2) is 47.3 Å². The zero-order valence-corrected chi connectivity index (χ0v) is 15.0. The molecule has 0 aliphatic carbocycles. The summed E-state index contributed by atoms with van der Waals surface area (Å²) in [6, 6.07) is 10.9. The summed E-state index contributed by atoms with van der Waals surface area (Å²) in [5.41, 5.74) is 0.737. The number of benzene rings is 1. The highest BCUT2D eigenvalue weighted by molar-refractivity contribution is 7.99. The van der Waals surface area contributed by atoms with Crippen LogP contribution in [0.25, 0.3) is 0 Å². The normalized spacial score (nSPS) is 22.8. The Balaban J connectivity index is 1.82. The molecule has 128 valence electrons. The lowest BCUT2D eigenvalue weighted by Gasteiger charge is -2.21. The first-order chi connectivity index (χ1) is 11.1. The van der Waals surface area contributed by atoms with Crippen LogP contribution in [-0.2, 0) is 6.42 Å². The van der Waals surface area contributed by atoms with Crippen molar-refractivity contribution in [1.82, 2.24) is 10.6 Å². The van der Waals surface area contributed by atoms with Gasteiger partial charge >= 0.3 is 0 Å². The van der Waals surface area contributed by atoms with Gasteiger partial charge in [-0.15, -0.1) is 0 Å². The van der Waals surface area contributed by atoms with Gasteiger partial charge in [-0.3, -0.25) is 4.99 Å². The van der Waals surface area contributed by atoms with Crippen molar-refractivity contribution < 1.29 is 5.11 Å². The molecule has 1 aromatic rings. The number of hydrogen-bond donors (Lipinski definition) is 3. The zero-order chi connectivity index (χ0) is 16.5. The number of aliphatic hydroxyl groups is 1. The Morgan fingerprint density at radius 3 is 2.83 bits per heavy atom. The highest BCUT2D eigenvalue weighted by Crippen LogP contribution is 2.27. The number of aryl methyl sites for hydroxylation is 1. The molecule has 2 rings (SSSR count). The highest BCUT2D eigenvalue weighted by Gasteiger charge is 2.31. The Morgan fingerprint density at radius 1 is 1.39 bits per heavy atom. The quantitative estimate of drug-likeness (QED) is 0.529. The minimum absolute atomic E-state index is 0.334. The minimum atomic E-state index is -0.625. The van der Waals surface area contributed by atoms with Gasteiger partial charge in [0.25, 0.3) is 0 Å². The third-order valence-corrected chi connectivity index (χ3v) is 5.28. The summed E-state index contributed by atoms with van der Waals surface area (Å²) in [6.45, 7) is 5.53. The van der Waals surface area contributed by atoms with Crippen LogP contribution in [0.4, 0.5) is 0 Å². The van der Waals surface area contributed by atoms with E-state index in [-0.39, 0.29) is 0 Å². The second kappa shape index (κ2) is 9.18. The molecule has 5 heteroatoms. The largest absolute Gasteiger partial charge is 0.387 e. The van der Waals surface area contributed by atoms with E-state index in [0.717, 1.165) is 43.3 Å². The number of thioether (sulfide) groups is 1. The topological polar surface area (TPSA) is 56.7 Å². The van der Waals surface area contributed by atoms with E-state index in [1.54, 1.807) is 11.8 Å².